The molecular formula is C21H33ClO5. The topological polar surface area (TPSA) is 65.0 Å². The van der Waals surface area contributed by atoms with Crippen molar-refractivity contribution in [1.82, 2.24) is 0 Å². The van der Waals surface area contributed by atoms with Gasteiger partial charge in [-0.1, -0.05) is 24.8 Å². The van der Waals surface area contributed by atoms with E-state index in [9.17, 15) is 9.90 Å². The first-order chi connectivity index (χ1) is 13.2. The van der Waals surface area contributed by atoms with Gasteiger partial charge in [-0.05, 0) is 50.9 Å². The third kappa shape index (κ3) is 7.57. The molecule has 5 nitrogen and oxygen atoms in total. The number of rotatable bonds is 11. The molecule has 0 radical (unpaired) electrons. The first kappa shape index (κ1) is 22.4. The van der Waals surface area contributed by atoms with E-state index in [1.54, 1.807) is 6.08 Å². The number of hydrogen-bond acceptors (Lipinski definition) is 5. The average molecular weight is 401 g/mol. The molecule has 2 aliphatic rings. The van der Waals surface area contributed by atoms with Gasteiger partial charge in [-0.2, -0.15) is 0 Å². The maximum atomic E-state index is 11.4. The second-order valence-electron chi connectivity index (χ2n) is 7.30. The Bertz CT molecular complexity index is 475. The van der Waals surface area contributed by atoms with Crippen molar-refractivity contribution in [2.75, 3.05) is 19.8 Å². The zero-order valence-corrected chi connectivity index (χ0v) is 16.8. The summed E-state index contributed by atoms with van der Waals surface area (Å²) in [7, 11) is 0. The number of allylic oxidation sites excluding steroid dienone is 2. The van der Waals surface area contributed by atoms with Crippen LogP contribution in [-0.2, 0) is 19.0 Å². The van der Waals surface area contributed by atoms with Gasteiger partial charge in [0.25, 0.3) is 0 Å². The van der Waals surface area contributed by atoms with Crippen LogP contribution in [0.2, 0.25) is 0 Å². The molecule has 154 valence electrons. The van der Waals surface area contributed by atoms with Crippen molar-refractivity contribution in [2.24, 2.45) is 11.8 Å². The molecule has 0 aromatic heterocycles. The molecule has 5 atom stereocenters. The molecule has 1 N–H and O–H groups in total. The molecule has 6 heteroatoms. The highest BCUT2D eigenvalue weighted by Gasteiger charge is 2.43. The van der Waals surface area contributed by atoms with Crippen molar-refractivity contribution in [3.05, 3.63) is 24.8 Å². The lowest BCUT2D eigenvalue weighted by Crippen LogP contribution is -2.32. The van der Waals surface area contributed by atoms with E-state index in [1.807, 2.05) is 0 Å². The van der Waals surface area contributed by atoms with Crippen LogP contribution in [0.4, 0.5) is 0 Å². The molecule has 1 saturated heterocycles. The van der Waals surface area contributed by atoms with Crippen LogP contribution in [0.1, 0.15) is 51.4 Å². The second kappa shape index (κ2) is 12.6. The summed E-state index contributed by atoms with van der Waals surface area (Å²) in [6.45, 7) is 4.61. The Morgan fingerprint density at radius 2 is 2.15 bits per heavy atom. The van der Waals surface area contributed by atoms with Crippen LogP contribution < -0.4 is 0 Å². The normalized spacial score (nSPS) is 31.3. The van der Waals surface area contributed by atoms with Crippen molar-refractivity contribution < 1.29 is 24.1 Å². The van der Waals surface area contributed by atoms with E-state index in [4.69, 9.17) is 25.8 Å². The molecule has 1 saturated carbocycles. The van der Waals surface area contributed by atoms with Crippen LogP contribution in [-0.4, -0.2) is 48.7 Å². The van der Waals surface area contributed by atoms with E-state index in [2.05, 4.69) is 18.7 Å². The maximum absolute atomic E-state index is 11.4. The van der Waals surface area contributed by atoms with E-state index in [0.29, 0.717) is 6.42 Å². The van der Waals surface area contributed by atoms with Gasteiger partial charge in [0.05, 0.1) is 6.10 Å². The summed E-state index contributed by atoms with van der Waals surface area (Å²) in [5.41, 5.74) is 0. The Morgan fingerprint density at radius 3 is 2.85 bits per heavy atom. The van der Waals surface area contributed by atoms with E-state index in [0.717, 1.165) is 51.6 Å². The Balaban J connectivity index is 1.71. The molecule has 0 bridgehead atoms. The van der Waals surface area contributed by atoms with Crippen LogP contribution in [0.15, 0.2) is 24.8 Å². The summed E-state index contributed by atoms with van der Waals surface area (Å²) in [6, 6.07) is 0. The van der Waals surface area contributed by atoms with Crippen molar-refractivity contribution in [3.63, 3.8) is 0 Å². The summed E-state index contributed by atoms with van der Waals surface area (Å²) in [6.07, 6.45) is 12.2. The Morgan fingerprint density at radius 1 is 1.30 bits per heavy atom. The molecule has 0 aromatic carbocycles. The van der Waals surface area contributed by atoms with Crippen LogP contribution >= 0.6 is 11.6 Å². The SMILES string of the molecule is C=CCOC(=O)CCC/C=C\C[C@@H]1[C@@H](CO)[C@H](OC2CCCCO2)C[C@@H]1Cl. The van der Waals surface area contributed by atoms with Crippen LogP contribution in [0.25, 0.3) is 0 Å². The number of aliphatic hydroxyl groups excluding tert-OH is 1. The molecule has 1 heterocycles. The van der Waals surface area contributed by atoms with Gasteiger partial charge in [0.2, 0.25) is 0 Å². The monoisotopic (exact) mass is 400 g/mol. The zero-order valence-electron chi connectivity index (χ0n) is 16.1. The van der Waals surface area contributed by atoms with Gasteiger partial charge in [-0.3, -0.25) is 4.79 Å². The lowest BCUT2D eigenvalue weighted by Gasteiger charge is -2.29. The highest BCUT2D eigenvalue weighted by Crippen LogP contribution is 2.41. The summed E-state index contributed by atoms with van der Waals surface area (Å²) in [4.78, 5) is 11.4. The van der Waals surface area contributed by atoms with E-state index in [1.165, 1.54) is 0 Å². The van der Waals surface area contributed by atoms with Crippen molar-refractivity contribution in [2.45, 2.75) is 69.1 Å². The van der Waals surface area contributed by atoms with Gasteiger partial charge < -0.3 is 19.3 Å². The predicted molar refractivity (Wildman–Crippen MR) is 106 cm³/mol. The van der Waals surface area contributed by atoms with Crippen molar-refractivity contribution >= 4 is 17.6 Å². The van der Waals surface area contributed by atoms with Gasteiger partial charge >= 0.3 is 5.97 Å². The quantitative estimate of drug-likeness (QED) is 0.246. The van der Waals surface area contributed by atoms with Gasteiger partial charge in [0, 0.05) is 30.9 Å². The van der Waals surface area contributed by atoms with Gasteiger partial charge in [-0.25, -0.2) is 0 Å². The summed E-state index contributed by atoms with van der Waals surface area (Å²) < 4.78 is 16.7. The second-order valence-corrected chi connectivity index (χ2v) is 7.86. The molecule has 1 aliphatic heterocycles. The van der Waals surface area contributed by atoms with E-state index in [-0.39, 0.29) is 48.8 Å². The number of carbonyl (C=O) groups excluding carboxylic acids is 1. The zero-order chi connectivity index (χ0) is 19.5. The third-order valence-corrected chi connectivity index (χ3v) is 5.82. The molecule has 27 heavy (non-hydrogen) atoms. The fourth-order valence-electron chi connectivity index (χ4n) is 3.82. The number of esters is 1. The summed E-state index contributed by atoms with van der Waals surface area (Å²) >= 11 is 6.56. The number of hydrogen-bond donors (Lipinski definition) is 1. The van der Waals surface area contributed by atoms with Gasteiger partial charge in [0.1, 0.15) is 6.61 Å². The highest BCUT2D eigenvalue weighted by atomic mass is 35.5. The number of halogens is 1. The molecule has 1 unspecified atom stereocenters. The molecule has 2 rings (SSSR count). The summed E-state index contributed by atoms with van der Waals surface area (Å²) in [5.74, 6) is 0.0424. The highest BCUT2D eigenvalue weighted by molar-refractivity contribution is 6.21. The smallest absolute Gasteiger partial charge is 0.306 e. The van der Waals surface area contributed by atoms with Crippen LogP contribution in [0.5, 0.6) is 0 Å². The molecule has 0 amide bonds. The molecule has 0 spiro atoms. The number of alkyl halides is 1. The fourth-order valence-corrected chi connectivity index (χ4v) is 4.29. The lowest BCUT2D eigenvalue weighted by molar-refractivity contribution is -0.197. The van der Waals surface area contributed by atoms with Crippen LogP contribution in [0.3, 0.4) is 0 Å². The third-order valence-electron chi connectivity index (χ3n) is 5.31. The largest absolute Gasteiger partial charge is 0.461 e. The number of carbonyl (C=O) groups is 1. The maximum Gasteiger partial charge on any atom is 0.306 e. The Hall–Kier alpha value is -0.880. The average Bonchev–Trinajstić information content (AvgIpc) is 2.97. The number of aliphatic hydroxyl groups is 1. The molecule has 2 fully saturated rings. The van der Waals surface area contributed by atoms with E-state index >= 15 is 0 Å². The number of unbranched alkanes of at least 4 members (excludes halogenated alkanes) is 1. The minimum atomic E-state index is -0.190. The van der Waals surface area contributed by atoms with Gasteiger partial charge in [-0.15, -0.1) is 11.6 Å². The van der Waals surface area contributed by atoms with E-state index < -0.39 is 0 Å². The number of ether oxygens (including phenoxy) is 3. The summed E-state index contributed by atoms with van der Waals surface area (Å²) in [5, 5.41) is 9.86. The Labute approximate surface area is 167 Å². The van der Waals surface area contributed by atoms with Gasteiger partial charge in [0.15, 0.2) is 6.29 Å². The standard InChI is InChI=1S/C21H33ClO5/c1-2-12-25-20(24)10-6-4-3-5-9-16-17(15-23)19(14-18(16)22)27-21-11-7-8-13-26-21/h2-3,5,16-19,21,23H,1,4,6-15H2/b5-3-/t16-,17-,18+,19-,21?/m1/s1. The molecular weight excluding hydrogens is 368 g/mol. The van der Waals surface area contributed by atoms with Crippen LogP contribution in [0, 0.1) is 11.8 Å². The minimum absolute atomic E-state index is 0.00530. The van der Waals surface area contributed by atoms with Crippen molar-refractivity contribution in [3.8, 4) is 0 Å². The molecule has 1 aliphatic carbocycles. The van der Waals surface area contributed by atoms with Crippen molar-refractivity contribution in [1.29, 1.82) is 0 Å². The first-order valence-electron chi connectivity index (χ1n) is 10.1. The first-order valence-corrected chi connectivity index (χ1v) is 10.5. The lowest BCUT2D eigenvalue weighted by atomic mass is 9.92. The fraction of sp³-hybridized carbons (Fsp3) is 0.762. The molecule has 0 aromatic rings. The Kier molecular flexibility index (Phi) is 10.4. The predicted octanol–water partition coefficient (Wildman–Crippen LogP) is 3.98. The minimum Gasteiger partial charge on any atom is -0.461 e.